The van der Waals surface area contributed by atoms with Gasteiger partial charge in [-0.25, -0.2) is 19.2 Å². The van der Waals surface area contributed by atoms with Crippen molar-refractivity contribution < 1.29 is 32.2 Å². The van der Waals surface area contributed by atoms with Crippen LogP contribution in [0.2, 0.25) is 0 Å². The van der Waals surface area contributed by atoms with Crippen LogP contribution < -0.4 is 4.90 Å². The zero-order valence-corrected chi connectivity index (χ0v) is 17.8. The number of nitrogens with zero attached hydrogens (tertiary/aromatic N) is 4. The van der Waals surface area contributed by atoms with Crippen LogP contribution in [0.25, 0.3) is 0 Å². The number of anilines is 1. The molecule has 11 heteroatoms. The second-order valence-corrected chi connectivity index (χ2v) is 8.37. The summed E-state index contributed by atoms with van der Waals surface area (Å²) in [5, 5.41) is 7.12. The lowest BCUT2D eigenvalue weighted by atomic mass is 9.99. The van der Waals surface area contributed by atoms with Crippen molar-refractivity contribution in [3.63, 3.8) is 0 Å². The van der Waals surface area contributed by atoms with Crippen molar-refractivity contribution in [2.75, 3.05) is 44.3 Å². The van der Waals surface area contributed by atoms with E-state index in [0.29, 0.717) is 11.8 Å². The van der Waals surface area contributed by atoms with Gasteiger partial charge in [0.1, 0.15) is 5.82 Å². The number of benzene rings is 1. The van der Waals surface area contributed by atoms with Crippen LogP contribution in [0.4, 0.5) is 23.5 Å². The van der Waals surface area contributed by atoms with E-state index in [4.69, 9.17) is 19.6 Å². The van der Waals surface area contributed by atoms with Gasteiger partial charge in [-0.3, -0.25) is 4.90 Å². The molecule has 0 radical (unpaired) electrons. The van der Waals surface area contributed by atoms with Crippen molar-refractivity contribution >= 4 is 11.9 Å². The topological polar surface area (TPSA) is 78.8 Å². The number of halogens is 4. The zero-order chi connectivity index (χ0) is 23.6. The first-order valence-corrected chi connectivity index (χ1v) is 10.7. The number of carbonyl (C=O) groups is 1. The molecule has 0 amide bonds. The van der Waals surface area contributed by atoms with E-state index in [1.807, 2.05) is 18.3 Å². The maximum absolute atomic E-state index is 13.1. The van der Waals surface area contributed by atoms with Crippen LogP contribution in [0, 0.1) is 11.7 Å². The van der Waals surface area contributed by atoms with Gasteiger partial charge in [0.25, 0.3) is 0 Å². The number of morpholine rings is 1. The number of carboxylic acid groups (broad SMARTS) is 1. The summed E-state index contributed by atoms with van der Waals surface area (Å²) in [5.41, 5.74) is 3.73. The zero-order valence-electron chi connectivity index (χ0n) is 17.8. The molecule has 1 aromatic carbocycles. The highest BCUT2D eigenvalue weighted by Gasteiger charge is 2.41. The van der Waals surface area contributed by atoms with E-state index in [1.165, 1.54) is 16.8 Å². The predicted octanol–water partition coefficient (Wildman–Crippen LogP) is 2.86. The number of hydrogen-bond donors (Lipinski definition) is 1. The Hall–Kier alpha value is -2.79. The van der Waals surface area contributed by atoms with Crippen LogP contribution in [-0.2, 0) is 22.5 Å². The Labute approximate surface area is 188 Å². The minimum Gasteiger partial charge on any atom is -0.475 e. The molecule has 7 nitrogen and oxygen atoms in total. The first kappa shape index (κ1) is 23.4. The summed E-state index contributed by atoms with van der Waals surface area (Å²) in [6.45, 7) is 6.20. The van der Waals surface area contributed by atoms with E-state index < -0.39 is 12.1 Å². The molecule has 3 heterocycles. The number of aliphatic carboxylic acids is 1. The lowest BCUT2D eigenvalue weighted by molar-refractivity contribution is -0.192. The Morgan fingerprint density at radius 3 is 2.45 bits per heavy atom. The normalized spacial score (nSPS) is 22.4. The van der Waals surface area contributed by atoms with Crippen molar-refractivity contribution in [1.29, 1.82) is 0 Å². The average Bonchev–Trinajstić information content (AvgIpc) is 3.32. The van der Waals surface area contributed by atoms with Gasteiger partial charge in [0.15, 0.2) is 0 Å². The summed E-state index contributed by atoms with van der Waals surface area (Å²) in [6.07, 6.45) is -1.97. The molecule has 2 aliphatic heterocycles. The lowest BCUT2D eigenvalue weighted by Gasteiger charge is -2.27. The van der Waals surface area contributed by atoms with E-state index in [2.05, 4.69) is 14.8 Å². The summed E-state index contributed by atoms with van der Waals surface area (Å²) in [7, 11) is 0. The molecule has 5 rings (SSSR count). The fourth-order valence-corrected chi connectivity index (χ4v) is 4.54. The quantitative estimate of drug-likeness (QED) is 0.694. The van der Waals surface area contributed by atoms with E-state index in [-0.39, 0.29) is 5.82 Å². The molecule has 0 spiro atoms. The van der Waals surface area contributed by atoms with Crippen molar-refractivity contribution in [2.45, 2.75) is 25.1 Å². The Morgan fingerprint density at radius 2 is 1.82 bits per heavy atom. The molecular formula is C22H24F4N4O3. The monoisotopic (exact) mass is 468 g/mol. The van der Waals surface area contributed by atoms with Crippen LogP contribution in [-0.4, -0.2) is 71.5 Å². The van der Waals surface area contributed by atoms with Gasteiger partial charge < -0.3 is 14.7 Å². The van der Waals surface area contributed by atoms with Crippen LogP contribution in [0.15, 0.2) is 30.5 Å². The Balaban J connectivity index is 0.000000325. The van der Waals surface area contributed by atoms with Crippen molar-refractivity contribution in [3.8, 4) is 0 Å². The van der Waals surface area contributed by atoms with Crippen LogP contribution in [0.1, 0.15) is 22.7 Å². The number of hydrogen-bond acceptors (Lipinski definition) is 6. The van der Waals surface area contributed by atoms with Gasteiger partial charge in [-0.1, -0.05) is 12.1 Å². The third-order valence-electron chi connectivity index (χ3n) is 6.09. The maximum atomic E-state index is 13.1. The second kappa shape index (κ2) is 9.60. The van der Waals surface area contributed by atoms with E-state index in [1.54, 1.807) is 12.1 Å². The van der Waals surface area contributed by atoms with Crippen molar-refractivity contribution in [2.24, 2.45) is 5.92 Å². The van der Waals surface area contributed by atoms with Gasteiger partial charge in [0.2, 0.25) is 5.95 Å². The highest BCUT2D eigenvalue weighted by Crippen LogP contribution is 2.42. The van der Waals surface area contributed by atoms with Gasteiger partial charge in [0, 0.05) is 44.8 Å². The molecule has 33 heavy (non-hydrogen) atoms. The molecule has 2 fully saturated rings. The number of ether oxygens (including phenoxy) is 1. The molecule has 178 valence electrons. The SMILES string of the molecule is Fc1ccc(CN2CC3Cc4cnc(N5CCOCC5)nc4C3C2)cc1.O=C(O)C(F)(F)F. The maximum Gasteiger partial charge on any atom is 0.490 e. The van der Waals surface area contributed by atoms with E-state index >= 15 is 0 Å². The molecule has 2 aromatic rings. The van der Waals surface area contributed by atoms with E-state index in [0.717, 1.165) is 58.3 Å². The van der Waals surface area contributed by atoms with Crippen molar-refractivity contribution in [3.05, 3.63) is 53.1 Å². The average molecular weight is 468 g/mol. The predicted molar refractivity (Wildman–Crippen MR) is 110 cm³/mol. The molecule has 0 bridgehead atoms. The molecule has 2 saturated heterocycles. The summed E-state index contributed by atoms with van der Waals surface area (Å²) in [5.74, 6) is -0.960. The number of carboxylic acids is 1. The standard InChI is InChI=1S/C20H23FN4O.C2HF3O2/c21-17-3-1-14(2-4-17)11-24-12-16-9-15-10-22-20(23-19(15)18(16)13-24)25-5-7-26-8-6-25;3-2(4,5)1(6)7/h1-4,10,16,18H,5-9,11-13H2;(H,6,7). The second-order valence-electron chi connectivity index (χ2n) is 8.37. The van der Waals surface area contributed by atoms with E-state index in [9.17, 15) is 17.6 Å². The fraction of sp³-hybridized carbons (Fsp3) is 0.500. The van der Waals surface area contributed by atoms with Gasteiger partial charge in [0.05, 0.1) is 18.9 Å². The first-order chi connectivity index (χ1) is 15.7. The minimum absolute atomic E-state index is 0.173. The van der Waals surface area contributed by atoms with Crippen LogP contribution in [0.3, 0.4) is 0 Å². The van der Waals surface area contributed by atoms with Gasteiger partial charge in [-0.15, -0.1) is 0 Å². The molecule has 1 N–H and O–H groups in total. The van der Waals surface area contributed by atoms with Gasteiger partial charge >= 0.3 is 12.1 Å². The summed E-state index contributed by atoms with van der Waals surface area (Å²) >= 11 is 0. The highest BCUT2D eigenvalue weighted by molar-refractivity contribution is 5.73. The summed E-state index contributed by atoms with van der Waals surface area (Å²) in [4.78, 5) is 23.2. The number of alkyl halides is 3. The number of rotatable bonds is 3. The molecular weight excluding hydrogens is 444 g/mol. The molecule has 2 unspecified atom stereocenters. The fourth-order valence-electron chi connectivity index (χ4n) is 4.54. The third-order valence-corrected chi connectivity index (χ3v) is 6.09. The highest BCUT2D eigenvalue weighted by atomic mass is 19.4. The molecule has 3 aliphatic rings. The molecule has 1 aromatic heterocycles. The smallest absolute Gasteiger partial charge is 0.475 e. The largest absolute Gasteiger partial charge is 0.490 e. The third kappa shape index (κ3) is 5.59. The molecule has 1 aliphatic carbocycles. The summed E-state index contributed by atoms with van der Waals surface area (Å²) < 4.78 is 50.3. The van der Waals surface area contributed by atoms with Crippen LogP contribution >= 0.6 is 0 Å². The minimum atomic E-state index is -5.08. The Bertz CT molecular complexity index is 981. The van der Waals surface area contributed by atoms with Crippen molar-refractivity contribution in [1.82, 2.24) is 14.9 Å². The molecule has 2 atom stereocenters. The van der Waals surface area contributed by atoms with Crippen LogP contribution in [0.5, 0.6) is 0 Å². The first-order valence-electron chi connectivity index (χ1n) is 10.7. The lowest BCUT2D eigenvalue weighted by Crippen LogP contribution is -2.37. The number of aromatic nitrogens is 2. The number of fused-ring (bicyclic) bond motifs is 3. The molecule has 0 saturated carbocycles. The Kier molecular flexibility index (Phi) is 6.80. The van der Waals surface area contributed by atoms with Gasteiger partial charge in [-0.05, 0) is 35.6 Å². The Morgan fingerprint density at radius 1 is 1.15 bits per heavy atom. The number of likely N-dealkylation sites (tertiary alicyclic amines) is 1. The van der Waals surface area contributed by atoms with Gasteiger partial charge in [-0.2, -0.15) is 13.2 Å². The summed E-state index contributed by atoms with van der Waals surface area (Å²) in [6, 6.07) is 6.86.